The van der Waals surface area contributed by atoms with Crippen LogP contribution in [0.4, 0.5) is 4.39 Å². The van der Waals surface area contributed by atoms with Gasteiger partial charge in [0.1, 0.15) is 5.82 Å². The van der Waals surface area contributed by atoms with Crippen LogP contribution in [0.2, 0.25) is 0 Å². The predicted molar refractivity (Wildman–Crippen MR) is 55.5 cm³/mol. The summed E-state index contributed by atoms with van der Waals surface area (Å²) < 4.78 is 13.5. The lowest BCUT2D eigenvalue weighted by atomic mass is 10.0. The van der Waals surface area contributed by atoms with E-state index in [-0.39, 0.29) is 24.9 Å². The van der Waals surface area contributed by atoms with Gasteiger partial charge in [0.2, 0.25) is 0 Å². The second kappa shape index (κ2) is 5.44. The Kier molecular flexibility index (Phi) is 4.51. The van der Waals surface area contributed by atoms with E-state index < -0.39 is 0 Å². The molecule has 4 heteroatoms. The van der Waals surface area contributed by atoms with Crippen molar-refractivity contribution < 1.29 is 14.6 Å². The van der Waals surface area contributed by atoms with Crippen molar-refractivity contribution in [2.75, 3.05) is 13.2 Å². The van der Waals surface area contributed by atoms with Gasteiger partial charge in [-0.25, -0.2) is 4.39 Å². The lowest BCUT2D eigenvalue weighted by Crippen LogP contribution is -2.14. The number of hydrogen-bond donors (Lipinski definition) is 2. The summed E-state index contributed by atoms with van der Waals surface area (Å²) in [7, 11) is 0. The zero-order chi connectivity index (χ0) is 10.6. The van der Waals surface area contributed by atoms with Crippen molar-refractivity contribution in [3.05, 3.63) is 34.1 Å². The Labute approximate surface area is 90.5 Å². The van der Waals surface area contributed by atoms with E-state index in [2.05, 4.69) is 15.9 Å². The molecule has 14 heavy (non-hydrogen) atoms. The zero-order valence-corrected chi connectivity index (χ0v) is 9.17. The third-order valence-corrected chi connectivity index (χ3v) is 2.94. The van der Waals surface area contributed by atoms with E-state index in [1.54, 1.807) is 12.1 Å². The molecular formula is C10H12BrFO2. The minimum absolute atomic E-state index is 0.0978. The minimum atomic E-state index is -0.322. The molecule has 0 bridgehead atoms. The van der Waals surface area contributed by atoms with Gasteiger partial charge in [-0.15, -0.1) is 0 Å². The highest BCUT2D eigenvalue weighted by atomic mass is 79.9. The van der Waals surface area contributed by atoms with Gasteiger partial charge < -0.3 is 10.2 Å². The van der Waals surface area contributed by atoms with Crippen LogP contribution in [0.15, 0.2) is 22.7 Å². The topological polar surface area (TPSA) is 40.5 Å². The first-order valence-electron chi connectivity index (χ1n) is 4.33. The number of benzene rings is 1. The first-order valence-corrected chi connectivity index (χ1v) is 5.13. The molecule has 0 saturated heterocycles. The maximum absolute atomic E-state index is 13.1. The van der Waals surface area contributed by atoms with Crippen molar-refractivity contribution >= 4 is 15.9 Å². The van der Waals surface area contributed by atoms with E-state index >= 15 is 0 Å². The maximum atomic E-state index is 13.1. The molecule has 0 atom stereocenters. The van der Waals surface area contributed by atoms with Gasteiger partial charge in [0.15, 0.2) is 0 Å². The lowest BCUT2D eigenvalue weighted by molar-refractivity contribution is 0.150. The summed E-state index contributed by atoms with van der Waals surface area (Å²) in [5.74, 6) is -0.551. The van der Waals surface area contributed by atoms with Crippen LogP contribution in [0.1, 0.15) is 5.56 Å². The molecule has 0 fully saturated rings. The Bertz CT molecular complexity index is 300. The molecule has 2 nitrogen and oxygen atoms in total. The molecule has 0 unspecified atom stereocenters. The Morgan fingerprint density at radius 2 is 1.93 bits per heavy atom. The highest BCUT2D eigenvalue weighted by Gasteiger charge is 2.11. The third kappa shape index (κ3) is 2.77. The summed E-state index contributed by atoms with van der Waals surface area (Å²) in [6.07, 6.45) is 0.464. The second-order valence-corrected chi connectivity index (χ2v) is 3.94. The highest BCUT2D eigenvalue weighted by molar-refractivity contribution is 9.10. The van der Waals surface area contributed by atoms with Gasteiger partial charge in [-0.1, -0.05) is 12.1 Å². The molecule has 2 N–H and O–H groups in total. The summed E-state index contributed by atoms with van der Waals surface area (Å²) in [4.78, 5) is 0. The summed E-state index contributed by atoms with van der Waals surface area (Å²) in [5, 5.41) is 17.8. The Hall–Kier alpha value is -0.450. The van der Waals surface area contributed by atoms with Gasteiger partial charge >= 0.3 is 0 Å². The second-order valence-electron chi connectivity index (χ2n) is 3.15. The Morgan fingerprint density at radius 3 is 2.50 bits per heavy atom. The first-order chi connectivity index (χ1) is 6.69. The number of halogens is 2. The monoisotopic (exact) mass is 262 g/mol. The normalized spacial score (nSPS) is 10.9. The fourth-order valence-electron chi connectivity index (χ4n) is 1.20. The highest BCUT2D eigenvalue weighted by Crippen LogP contribution is 2.22. The quantitative estimate of drug-likeness (QED) is 0.868. The van der Waals surface area contributed by atoms with Gasteiger partial charge in [0.05, 0.1) is 4.47 Å². The molecular weight excluding hydrogens is 251 g/mol. The molecule has 0 saturated carbocycles. The van der Waals surface area contributed by atoms with Crippen molar-refractivity contribution in [2.24, 2.45) is 5.92 Å². The molecule has 0 aliphatic rings. The molecule has 0 amide bonds. The number of rotatable bonds is 4. The van der Waals surface area contributed by atoms with E-state index in [0.717, 1.165) is 5.56 Å². The van der Waals surface area contributed by atoms with Crippen LogP contribution in [0, 0.1) is 11.7 Å². The van der Waals surface area contributed by atoms with Gasteiger partial charge in [0, 0.05) is 19.1 Å². The molecule has 1 aromatic carbocycles. The molecule has 0 heterocycles. The van der Waals surface area contributed by atoms with Crippen LogP contribution in [-0.4, -0.2) is 23.4 Å². The molecule has 1 aromatic rings. The minimum Gasteiger partial charge on any atom is -0.396 e. The van der Waals surface area contributed by atoms with E-state index in [1.165, 1.54) is 6.07 Å². The molecule has 0 aromatic heterocycles. The SMILES string of the molecule is OCC(CO)Cc1cccc(F)c1Br. The van der Waals surface area contributed by atoms with Crippen LogP contribution < -0.4 is 0 Å². The first kappa shape index (κ1) is 11.6. The Balaban J connectivity index is 2.80. The summed E-state index contributed by atoms with van der Waals surface area (Å²) in [6, 6.07) is 4.74. The van der Waals surface area contributed by atoms with Crippen LogP contribution in [0.3, 0.4) is 0 Å². The zero-order valence-electron chi connectivity index (χ0n) is 7.58. The molecule has 1 rings (SSSR count). The summed E-state index contributed by atoms with van der Waals surface area (Å²) in [5.41, 5.74) is 0.762. The van der Waals surface area contributed by atoms with E-state index in [4.69, 9.17) is 10.2 Å². The largest absolute Gasteiger partial charge is 0.396 e. The third-order valence-electron chi connectivity index (χ3n) is 2.06. The average molecular weight is 263 g/mol. The summed E-state index contributed by atoms with van der Waals surface area (Å²) in [6.45, 7) is -0.196. The molecule has 0 spiro atoms. The number of aliphatic hydroxyl groups is 2. The van der Waals surface area contributed by atoms with Gasteiger partial charge in [-0.05, 0) is 34.0 Å². The van der Waals surface area contributed by atoms with Crippen molar-refractivity contribution in [1.29, 1.82) is 0 Å². The maximum Gasteiger partial charge on any atom is 0.137 e. The molecule has 0 aliphatic heterocycles. The smallest absolute Gasteiger partial charge is 0.137 e. The van der Waals surface area contributed by atoms with Crippen molar-refractivity contribution in [2.45, 2.75) is 6.42 Å². The van der Waals surface area contributed by atoms with Crippen LogP contribution in [-0.2, 0) is 6.42 Å². The predicted octanol–water partition coefficient (Wildman–Crippen LogP) is 1.73. The van der Waals surface area contributed by atoms with Gasteiger partial charge in [0.25, 0.3) is 0 Å². The molecule has 0 aliphatic carbocycles. The molecule has 78 valence electrons. The number of aliphatic hydroxyl groups excluding tert-OH is 2. The van der Waals surface area contributed by atoms with E-state index in [0.29, 0.717) is 10.9 Å². The van der Waals surface area contributed by atoms with E-state index in [9.17, 15) is 4.39 Å². The van der Waals surface area contributed by atoms with Gasteiger partial charge in [-0.3, -0.25) is 0 Å². The van der Waals surface area contributed by atoms with Crippen molar-refractivity contribution in [1.82, 2.24) is 0 Å². The molecule has 0 radical (unpaired) electrons. The van der Waals surface area contributed by atoms with Gasteiger partial charge in [-0.2, -0.15) is 0 Å². The van der Waals surface area contributed by atoms with Crippen LogP contribution in [0.5, 0.6) is 0 Å². The standard InChI is InChI=1S/C10H12BrFO2/c11-10-8(2-1-3-9(10)12)4-7(5-13)6-14/h1-3,7,13-14H,4-6H2. The number of hydrogen-bond acceptors (Lipinski definition) is 2. The van der Waals surface area contributed by atoms with Crippen molar-refractivity contribution in [3.8, 4) is 0 Å². The average Bonchev–Trinajstić information content (AvgIpc) is 2.20. The lowest BCUT2D eigenvalue weighted by Gasteiger charge is -2.12. The Morgan fingerprint density at radius 1 is 1.29 bits per heavy atom. The van der Waals surface area contributed by atoms with Crippen LogP contribution >= 0.6 is 15.9 Å². The summed E-state index contributed by atoms with van der Waals surface area (Å²) >= 11 is 3.13. The fourth-order valence-corrected chi connectivity index (χ4v) is 1.63. The van der Waals surface area contributed by atoms with Crippen LogP contribution in [0.25, 0.3) is 0 Å². The fraction of sp³-hybridized carbons (Fsp3) is 0.400. The van der Waals surface area contributed by atoms with E-state index in [1.807, 2.05) is 0 Å². The van der Waals surface area contributed by atoms with Crippen molar-refractivity contribution in [3.63, 3.8) is 0 Å².